The summed E-state index contributed by atoms with van der Waals surface area (Å²) in [4.78, 5) is 20.5. The number of rotatable bonds is 4. The molecule has 4 rings (SSSR count). The number of halogens is 2. The molecule has 0 saturated heterocycles. The molecular formula is C17H11BrFN5OS. The summed E-state index contributed by atoms with van der Waals surface area (Å²) in [5.41, 5.74) is 1.03. The lowest BCUT2D eigenvalue weighted by Crippen LogP contribution is -2.16. The Bertz CT molecular complexity index is 1100. The molecule has 0 atom stereocenters. The van der Waals surface area contributed by atoms with Crippen LogP contribution in [0.1, 0.15) is 5.56 Å². The van der Waals surface area contributed by atoms with Crippen LogP contribution in [0.4, 0.5) is 9.39 Å². The molecule has 3 aromatic heterocycles. The highest BCUT2D eigenvalue weighted by Crippen LogP contribution is 2.35. The Morgan fingerprint density at radius 1 is 1.31 bits per heavy atom. The van der Waals surface area contributed by atoms with Crippen molar-refractivity contribution in [2.45, 2.75) is 6.42 Å². The Morgan fingerprint density at radius 3 is 3.00 bits per heavy atom. The molecule has 4 aromatic rings. The van der Waals surface area contributed by atoms with Gasteiger partial charge in [0.15, 0.2) is 0 Å². The number of thiophene rings is 1. The van der Waals surface area contributed by atoms with Crippen LogP contribution in [0.5, 0.6) is 0 Å². The summed E-state index contributed by atoms with van der Waals surface area (Å²) in [6, 6.07) is 4.72. The number of amides is 1. The summed E-state index contributed by atoms with van der Waals surface area (Å²) in [6.45, 7) is 0. The van der Waals surface area contributed by atoms with Crippen molar-refractivity contribution in [2.75, 3.05) is 5.32 Å². The highest BCUT2D eigenvalue weighted by Gasteiger charge is 2.17. The second kappa shape index (κ2) is 6.93. The maximum atomic E-state index is 14.3. The third kappa shape index (κ3) is 3.11. The molecule has 3 heterocycles. The average Bonchev–Trinajstić information content (AvgIpc) is 3.27. The van der Waals surface area contributed by atoms with E-state index in [1.807, 2.05) is 5.38 Å². The normalized spacial score (nSPS) is 11.0. The predicted octanol–water partition coefficient (Wildman–Crippen LogP) is 3.96. The number of nitrogens with one attached hydrogen (secondary N) is 1. The lowest BCUT2D eigenvalue weighted by atomic mass is 10.0. The molecule has 0 radical (unpaired) electrons. The molecule has 1 N–H and O–H groups in total. The molecule has 0 saturated carbocycles. The highest BCUT2D eigenvalue weighted by atomic mass is 79.9. The minimum Gasteiger partial charge on any atom is -0.316 e. The minimum absolute atomic E-state index is 0.0838. The highest BCUT2D eigenvalue weighted by molar-refractivity contribution is 9.10. The van der Waals surface area contributed by atoms with Gasteiger partial charge >= 0.3 is 0 Å². The van der Waals surface area contributed by atoms with E-state index in [1.165, 1.54) is 23.7 Å². The first-order chi connectivity index (χ1) is 12.6. The number of pyridine rings is 1. The van der Waals surface area contributed by atoms with Crippen molar-refractivity contribution in [1.82, 2.24) is 19.7 Å². The van der Waals surface area contributed by atoms with Gasteiger partial charge in [0, 0.05) is 28.7 Å². The number of nitrogens with zero attached hydrogens (tertiary/aromatic N) is 4. The summed E-state index contributed by atoms with van der Waals surface area (Å²) in [7, 11) is 0. The zero-order chi connectivity index (χ0) is 18.1. The van der Waals surface area contributed by atoms with Crippen molar-refractivity contribution >= 4 is 48.9 Å². The van der Waals surface area contributed by atoms with E-state index in [4.69, 9.17) is 0 Å². The summed E-state index contributed by atoms with van der Waals surface area (Å²) in [5.74, 6) is -0.730. The molecular weight excluding hydrogens is 421 g/mol. The number of anilines is 1. The number of hydrogen-bond acceptors (Lipinski definition) is 5. The molecule has 1 aromatic carbocycles. The monoisotopic (exact) mass is 431 g/mol. The molecule has 6 nitrogen and oxygen atoms in total. The largest absolute Gasteiger partial charge is 0.316 e. The second-order valence-electron chi connectivity index (χ2n) is 5.45. The number of fused-ring (bicyclic) bond motifs is 1. The Morgan fingerprint density at radius 2 is 2.19 bits per heavy atom. The van der Waals surface area contributed by atoms with Gasteiger partial charge in [0.1, 0.15) is 29.2 Å². The molecule has 0 unspecified atom stereocenters. The molecule has 130 valence electrons. The number of aromatic nitrogens is 4. The first-order valence-corrected chi connectivity index (χ1v) is 9.23. The van der Waals surface area contributed by atoms with Gasteiger partial charge in [-0.15, -0.1) is 11.3 Å². The minimum atomic E-state index is -0.414. The topological polar surface area (TPSA) is 72.7 Å². The van der Waals surface area contributed by atoms with Crippen molar-refractivity contribution in [2.24, 2.45) is 0 Å². The number of hydrogen-bond donors (Lipinski definition) is 1. The van der Waals surface area contributed by atoms with Gasteiger partial charge in [-0.1, -0.05) is 0 Å². The van der Waals surface area contributed by atoms with Gasteiger partial charge in [-0.2, -0.15) is 5.10 Å². The summed E-state index contributed by atoms with van der Waals surface area (Å²) < 4.78 is 16.6. The van der Waals surface area contributed by atoms with Gasteiger partial charge in [-0.05, 0) is 39.5 Å². The van der Waals surface area contributed by atoms with Crippen molar-refractivity contribution in [3.63, 3.8) is 0 Å². The Balaban J connectivity index is 1.63. The third-order valence-corrected chi connectivity index (χ3v) is 5.63. The lowest BCUT2D eigenvalue weighted by molar-refractivity contribution is -0.115. The van der Waals surface area contributed by atoms with Gasteiger partial charge < -0.3 is 5.32 Å². The maximum absolute atomic E-state index is 14.3. The second-order valence-corrected chi connectivity index (χ2v) is 7.18. The van der Waals surface area contributed by atoms with E-state index in [1.54, 1.807) is 35.5 Å². The van der Waals surface area contributed by atoms with E-state index >= 15 is 0 Å². The fourth-order valence-electron chi connectivity index (χ4n) is 2.67. The molecule has 1 amide bonds. The van der Waals surface area contributed by atoms with Crippen molar-refractivity contribution < 1.29 is 9.18 Å². The van der Waals surface area contributed by atoms with Gasteiger partial charge in [0.25, 0.3) is 0 Å². The molecule has 0 bridgehead atoms. The van der Waals surface area contributed by atoms with Crippen molar-refractivity contribution in [3.8, 4) is 5.69 Å². The lowest BCUT2D eigenvalue weighted by Gasteiger charge is -2.09. The average molecular weight is 432 g/mol. The molecule has 26 heavy (non-hydrogen) atoms. The van der Waals surface area contributed by atoms with Crippen LogP contribution in [0.3, 0.4) is 0 Å². The third-order valence-electron chi connectivity index (χ3n) is 3.83. The predicted molar refractivity (Wildman–Crippen MR) is 101 cm³/mol. The Hall–Kier alpha value is -2.65. The van der Waals surface area contributed by atoms with Crippen LogP contribution in [-0.2, 0) is 11.2 Å². The molecule has 0 aliphatic carbocycles. The first-order valence-electron chi connectivity index (χ1n) is 7.56. The zero-order valence-electron chi connectivity index (χ0n) is 13.2. The summed E-state index contributed by atoms with van der Waals surface area (Å²) in [6.07, 6.45) is 6.10. The number of carbonyl (C=O) groups excluding carboxylic acids is 1. The van der Waals surface area contributed by atoms with E-state index in [-0.39, 0.29) is 12.3 Å². The standard InChI is InChI=1S/C17H11BrFN5OS/c18-13-7-26-17(16(13)24-9-21-8-22-24)23-15(25)5-12-11-3-4-20-6-10(11)1-2-14(12)19/h1-4,6-9H,5H2,(H,23,25). The quantitative estimate of drug-likeness (QED) is 0.530. The van der Waals surface area contributed by atoms with Crippen molar-refractivity contribution in [1.29, 1.82) is 0 Å². The van der Waals surface area contributed by atoms with E-state index in [0.717, 1.165) is 9.86 Å². The van der Waals surface area contributed by atoms with Crippen LogP contribution in [-0.4, -0.2) is 25.7 Å². The Kier molecular flexibility index (Phi) is 4.48. The van der Waals surface area contributed by atoms with E-state index in [0.29, 0.717) is 21.6 Å². The first kappa shape index (κ1) is 16.8. The van der Waals surface area contributed by atoms with Crippen LogP contribution in [0.2, 0.25) is 0 Å². The van der Waals surface area contributed by atoms with Crippen LogP contribution < -0.4 is 5.32 Å². The van der Waals surface area contributed by atoms with Gasteiger partial charge in [0.05, 0.1) is 10.9 Å². The smallest absolute Gasteiger partial charge is 0.229 e. The van der Waals surface area contributed by atoms with Crippen molar-refractivity contribution in [3.05, 3.63) is 64.5 Å². The van der Waals surface area contributed by atoms with Gasteiger partial charge in [-0.3, -0.25) is 9.78 Å². The number of carbonyl (C=O) groups is 1. The molecule has 0 spiro atoms. The summed E-state index contributed by atoms with van der Waals surface area (Å²) >= 11 is 4.79. The fraction of sp³-hybridized carbons (Fsp3) is 0.0588. The summed E-state index contributed by atoms with van der Waals surface area (Å²) in [5, 5.41) is 10.8. The van der Waals surface area contributed by atoms with Crippen LogP contribution in [0, 0.1) is 5.82 Å². The molecule has 9 heteroatoms. The maximum Gasteiger partial charge on any atom is 0.229 e. The van der Waals surface area contributed by atoms with Crippen LogP contribution in [0.25, 0.3) is 16.5 Å². The number of benzene rings is 1. The van der Waals surface area contributed by atoms with Gasteiger partial charge in [0.2, 0.25) is 5.91 Å². The van der Waals surface area contributed by atoms with Gasteiger partial charge in [-0.25, -0.2) is 14.1 Å². The van der Waals surface area contributed by atoms with Crippen LogP contribution in [0.15, 0.2) is 53.1 Å². The Labute approximate surface area is 159 Å². The SMILES string of the molecule is O=C(Cc1c(F)ccc2cnccc12)Nc1scc(Br)c1-n1cncn1. The zero-order valence-corrected chi connectivity index (χ0v) is 15.6. The van der Waals surface area contributed by atoms with E-state index < -0.39 is 5.82 Å². The molecule has 0 fully saturated rings. The molecule has 0 aliphatic rings. The van der Waals surface area contributed by atoms with E-state index in [2.05, 4.69) is 36.3 Å². The van der Waals surface area contributed by atoms with Crippen LogP contribution >= 0.6 is 27.3 Å². The van der Waals surface area contributed by atoms with E-state index in [9.17, 15) is 9.18 Å². The fourth-order valence-corrected chi connectivity index (χ4v) is 4.29. The molecule has 0 aliphatic heterocycles.